The highest BCUT2D eigenvalue weighted by molar-refractivity contribution is 7.91. The van der Waals surface area contributed by atoms with E-state index in [1.54, 1.807) is 19.1 Å². The molecule has 1 aliphatic heterocycles. The van der Waals surface area contributed by atoms with Crippen molar-refractivity contribution in [1.29, 1.82) is 0 Å². The summed E-state index contributed by atoms with van der Waals surface area (Å²) in [4.78, 5) is 26.0. The molecule has 1 amide bonds. The summed E-state index contributed by atoms with van der Waals surface area (Å²) in [5, 5.41) is 9.45. The summed E-state index contributed by atoms with van der Waals surface area (Å²) in [6.07, 6.45) is 2.50. The smallest absolute Gasteiger partial charge is 0.308 e. The fourth-order valence-electron chi connectivity index (χ4n) is 3.72. The van der Waals surface area contributed by atoms with Crippen LogP contribution in [0.25, 0.3) is 0 Å². The zero-order valence-corrected chi connectivity index (χ0v) is 15.0. The van der Waals surface area contributed by atoms with Crippen molar-refractivity contribution in [1.82, 2.24) is 4.90 Å². The quantitative estimate of drug-likeness (QED) is 0.833. The Hall–Kier alpha value is -1.89. The molecule has 1 aliphatic carbocycles. The monoisotopic (exact) mass is 365 g/mol. The molecule has 1 saturated heterocycles. The second-order valence-corrected chi connectivity index (χ2v) is 9.05. The van der Waals surface area contributed by atoms with Crippen LogP contribution >= 0.6 is 0 Å². The zero-order valence-electron chi connectivity index (χ0n) is 14.2. The topological polar surface area (TPSA) is 91.8 Å². The van der Waals surface area contributed by atoms with Crippen LogP contribution in [-0.2, 0) is 14.6 Å². The Morgan fingerprint density at radius 3 is 2.48 bits per heavy atom. The molecule has 1 N–H and O–H groups in total. The first-order valence-corrected chi connectivity index (χ1v) is 10.3. The molecule has 2 aliphatic rings. The Bertz CT molecular complexity index is 784. The fraction of sp³-hybridized carbons (Fsp3) is 0.556. The number of carbonyl (C=O) groups excluding carboxylic acids is 1. The van der Waals surface area contributed by atoms with E-state index >= 15 is 0 Å². The highest BCUT2D eigenvalue weighted by Crippen LogP contribution is 2.44. The van der Waals surface area contributed by atoms with Gasteiger partial charge >= 0.3 is 5.97 Å². The van der Waals surface area contributed by atoms with Crippen LogP contribution in [0, 0.1) is 17.8 Å². The van der Waals surface area contributed by atoms with Gasteiger partial charge in [0.2, 0.25) is 0 Å². The number of sulfone groups is 1. The maximum Gasteiger partial charge on any atom is 0.308 e. The van der Waals surface area contributed by atoms with E-state index in [0.717, 1.165) is 12.8 Å². The Balaban J connectivity index is 1.88. The summed E-state index contributed by atoms with van der Waals surface area (Å²) < 4.78 is 24.9. The van der Waals surface area contributed by atoms with Gasteiger partial charge in [0, 0.05) is 13.1 Å². The summed E-state index contributed by atoms with van der Waals surface area (Å²) >= 11 is 0. The van der Waals surface area contributed by atoms with E-state index < -0.39 is 21.7 Å². The lowest BCUT2D eigenvalue weighted by Crippen LogP contribution is -2.31. The van der Waals surface area contributed by atoms with E-state index in [1.807, 2.05) is 0 Å². The molecule has 7 heteroatoms. The molecule has 0 radical (unpaired) electrons. The fourth-order valence-corrected chi connectivity index (χ4v) is 5.26. The first-order chi connectivity index (χ1) is 11.8. The molecule has 0 bridgehead atoms. The number of amides is 1. The lowest BCUT2D eigenvalue weighted by molar-refractivity contribution is -0.142. The summed E-state index contributed by atoms with van der Waals surface area (Å²) in [6, 6.07) is 6.23. The van der Waals surface area contributed by atoms with E-state index in [9.17, 15) is 23.1 Å². The molecule has 1 saturated carbocycles. The minimum absolute atomic E-state index is 0.0141. The number of benzene rings is 1. The Morgan fingerprint density at radius 1 is 1.20 bits per heavy atom. The molecule has 1 aromatic carbocycles. The van der Waals surface area contributed by atoms with Crippen molar-refractivity contribution >= 4 is 21.7 Å². The summed E-state index contributed by atoms with van der Waals surface area (Å²) in [5.74, 6) is -1.49. The highest BCUT2D eigenvalue weighted by Gasteiger charge is 2.47. The van der Waals surface area contributed by atoms with Crippen molar-refractivity contribution in [2.45, 2.75) is 31.1 Å². The predicted octanol–water partition coefficient (Wildman–Crippen LogP) is 2.05. The van der Waals surface area contributed by atoms with Crippen molar-refractivity contribution in [2.24, 2.45) is 17.8 Å². The number of carboxylic acids is 1. The van der Waals surface area contributed by atoms with Crippen LogP contribution in [0.2, 0.25) is 0 Å². The third-order valence-electron chi connectivity index (χ3n) is 5.12. The van der Waals surface area contributed by atoms with Crippen molar-refractivity contribution in [3.8, 4) is 0 Å². The van der Waals surface area contributed by atoms with Gasteiger partial charge in [0.15, 0.2) is 9.84 Å². The van der Waals surface area contributed by atoms with Crippen molar-refractivity contribution in [3.63, 3.8) is 0 Å². The van der Waals surface area contributed by atoms with Gasteiger partial charge in [-0.3, -0.25) is 9.59 Å². The summed E-state index contributed by atoms with van der Waals surface area (Å²) in [5.41, 5.74) is 0.150. The maximum absolute atomic E-state index is 12.9. The van der Waals surface area contributed by atoms with Crippen LogP contribution in [0.3, 0.4) is 0 Å². The van der Waals surface area contributed by atoms with Crippen LogP contribution in [0.15, 0.2) is 29.2 Å². The number of likely N-dealkylation sites (tertiary alicyclic amines) is 1. The van der Waals surface area contributed by atoms with Gasteiger partial charge in [-0.15, -0.1) is 0 Å². The lowest BCUT2D eigenvalue weighted by atomic mass is 9.92. The molecule has 0 spiro atoms. The third-order valence-corrected chi connectivity index (χ3v) is 7.09. The first-order valence-electron chi connectivity index (χ1n) is 8.69. The molecule has 136 valence electrons. The number of hydrogen-bond donors (Lipinski definition) is 1. The zero-order chi connectivity index (χ0) is 18.2. The van der Waals surface area contributed by atoms with Crippen LogP contribution in [0.1, 0.15) is 36.5 Å². The molecule has 2 fully saturated rings. The Kier molecular flexibility index (Phi) is 4.86. The summed E-state index contributed by atoms with van der Waals surface area (Å²) in [7, 11) is -3.53. The Labute approximate surface area is 147 Å². The van der Waals surface area contributed by atoms with Gasteiger partial charge in [-0.05, 0) is 43.2 Å². The minimum atomic E-state index is -3.53. The van der Waals surface area contributed by atoms with E-state index in [1.165, 1.54) is 17.0 Å². The lowest BCUT2D eigenvalue weighted by Gasteiger charge is -2.18. The van der Waals surface area contributed by atoms with Gasteiger partial charge < -0.3 is 10.0 Å². The molecule has 1 aromatic rings. The molecular formula is C18H23NO5S. The van der Waals surface area contributed by atoms with Gasteiger partial charge in [-0.2, -0.15) is 0 Å². The van der Waals surface area contributed by atoms with Gasteiger partial charge in [-0.1, -0.05) is 19.1 Å². The molecule has 25 heavy (non-hydrogen) atoms. The molecule has 6 nitrogen and oxygen atoms in total. The number of carboxylic acid groups (broad SMARTS) is 1. The molecule has 3 rings (SSSR count). The average Bonchev–Trinajstić information content (AvgIpc) is 3.32. The second-order valence-electron chi connectivity index (χ2n) is 6.97. The molecular weight excluding hydrogens is 342 g/mol. The van der Waals surface area contributed by atoms with Crippen molar-refractivity contribution in [2.75, 3.05) is 18.8 Å². The average molecular weight is 365 g/mol. The van der Waals surface area contributed by atoms with E-state index in [-0.39, 0.29) is 34.6 Å². The summed E-state index contributed by atoms with van der Waals surface area (Å²) in [6.45, 7) is 2.32. The number of rotatable bonds is 6. The maximum atomic E-state index is 12.9. The van der Waals surface area contributed by atoms with Crippen LogP contribution in [-0.4, -0.2) is 49.1 Å². The van der Waals surface area contributed by atoms with Gasteiger partial charge in [0.05, 0.1) is 22.1 Å². The number of aliphatic carboxylic acids is 1. The molecule has 0 aromatic heterocycles. The first kappa shape index (κ1) is 17.9. The van der Waals surface area contributed by atoms with E-state index in [4.69, 9.17) is 0 Å². The van der Waals surface area contributed by atoms with Crippen LogP contribution in [0.5, 0.6) is 0 Å². The van der Waals surface area contributed by atoms with Crippen molar-refractivity contribution in [3.05, 3.63) is 29.8 Å². The van der Waals surface area contributed by atoms with Gasteiger partial charge in [0.25, 0.3) is 5.91 Å². The standard InChI is InChI=1S/C18H23NO5S/c1-2-9-25(23,24)16-6-4-3-5-13(16)17(20)19-10-14(12-7-8-12)15(11-19)18(21)22/h3-6,12,14-15H,2,7-11H2,1H3,(H,21,22)/t14-,15+/m1/s1. The van der Waals surface area contributed by atoms with E-state index in [2.05, 4.69) is 0 Å². The normalized spacial score (nSPS) is 23.6. The van der Waals surface area contributed by atoms with Crippen LogP contribution < -0.4 is 0 Å². The highest BCUT2D eigenvalue weighted by atomic mass is 32.2. The number of hydrogen-bond acceptors (Lipinski definition) is 4. The molecule has 0 unspecified atom stereocenters. The number of carbonyl (C=O) groups is 2. The van der Waals surface area contributed by atoms with Crippen molar-refractivity contribution < 1.29 is 23.1 Å². The third kappa shape index (κ3) is 3.56. The Morgan fingerprint density at radius 2 is 1.88 bits per heavy atom. The number of nitrogens with zero attached hydrogens (tertiary/aromatic N) is 1. The minimum Gasteiger partial charge on any atom is -0.481 e. The SMILES string of the molecule is CCCS(=O)(=O)c1ccccc1C(=O)N1C[C@H](C(=O)O)[C@@H](C2CC2)C1. The molecule has 2 atom stereocenters. The molecule has 1 heterocycles. The largest absolute Gasteiger partial charge is 0.481 e. The second kappa shape index (κ2) is 6.78. The van der Waals surface area contributed by atoms with Crippen LogP contribution in [0.4, 0.5) is 0 Å². The van der Waals surface area contributed by atoms with Gasteiger partial charge in [0.1, 0.15) is 0 Å². The van der Waals surface area contributed by atoms with E-state index in [0.29, 0.717) is 18.9 Å². The van der Waals surface area contributed by atoms with Gasteiger partial charge in [-0.25, -0.2) is 8.42 Å². The predicted molar refractivity (Wildman–Crippen MR) is 92.0 cm³/mol.